The van der Waals surface area contributed by atoms with Crippen LogP contribution >= 0.6 is 0 Å². The fraction of sp³-hybridized carbons (Fsp3) is 0.471. The summed E-state index contributed by atoms with van der Waals surface area (Å²) < 4.78 is 5.59. The molecule has 2 atom stereocenters. The summed E-state index contributed by atoms with van der Waals surface area (Å²) >= 11 is 0. The number of aromatic amines is 1. The largest absolute Gasteiger partial charge is 0.379 e. The number of rotatable bonds is 4. The number of carbonyl (C=O) groups excluding carboxylic acids is 1. The molecule has 2 aliphatic heterocycles. The minimum Gasteiger partial charge on any atom is -0.379 e. The van der Waals surface area contributed by atoms with E-state index in [9.17, 15) is 4.79 Å². The molecule has 126 valence electrons. The summed E-state index contributed by atoms with van der Waals surface area (Å²) in [4.78, 5) is 16.8. The maximum atomic E-state index is 12.8. The van der Waals surface area contributed by atoms with E-state index in [1.807, 2.05) is 23.1 Å². The van der Waals surface area contributed by atoms with Crippen LogP contribution in [0, 0.1) is 0 Å². The molecule has 1 saturated heterocycles. The van der Waals surface area contributed by atoms with E-state index in [2.05, 4.69) is 26.4 Å². The van der Waals surface area contributed by atoms with Crippen molar-refractivity contribution in [2.24, 2.45) is 0 Å². The van der Waals surface area contributed by atoms with Crippen LogP contribution in [0.4, 0.5) is 5.69 Å². The smallest absolute Gasteiger partial charge is 0.241 e. The zero-order chi connectivity index (χ0) is 16.5. The quantitative estimate of drug-likeness (QED) is 0.899. The van der Waals surface area contributed by atoms with Gasteiger partial charge >= 0.3 is 0 Å². The average Bonchev–Trinajstić information content (AvgIpc) is 3.33. The van der Waals surface area contributed by atoms with E-state index in [0.29, 0.717) is 6.54 Å². The number of methoxy groups -OCH3 is 1. The van der Waals surface area contributed by atoms with Crippen LogP contribution in [-0.4, -0.2) is 65.6 Å². The summed E-state index contributed by atoms with van der Waals surface area (Å²) in [6, 6.07) is 8.14. The second-order valence-corrected chi connectivity index (χ2v) is 6.39. The Morgan fingerprint density at radius 2 is 2.25 bits per heavy atom. The zero-order valence-corrected chi connectivity index (χ0v) is 13.7. The standard InChI is InChI=1S/C17H21N5O2/c1-24-16-10-21(9-13(16)14-8-18-20-19-14)11-17(23)22-7-6-12-4-2-3-5-15(12)22/h2-5,8,13,16H,6-7,9-11H2,1H3,(H,18,19,20)/t13-,16+/m0/s1. The fourth-order valence-electron chi connectivity index (χ4n) is 3.77. The van der Waals surface area contributed by atoms with Gasteiger partial charge in [-0.15, -0.1) is 0 Å². The van der Waals surface area contributed by atoms with Crippen LogP contribution in [0.2, 0.25) is 0 Å². The van der Waals surface area contributed by atoms with Crippen LogP contribution in [-0.2, 0) is 16.0 Å². The van der Waals surface area contributed by atoms with Crippen molar-refractivity contribution in [3.05, 3.63) is 41.7 Å². The molecule has 24 heavy (non-hydrogen) atoms. The number of nitrogens with one attached hydrogen (secondary N) is 1. The number of benzene rings is 1. The number of anilines is 1. The van der Waals surface area contributed by atoms with Crippen molar-refractivity contribution in [3.63, 3.8) is 0 Å². The molecule has 1 aromatic heterocycles. The fourth-order valence-corrected chi connectivity index (χ4v) is 3.77. The number of nitrogens with zero attached hydrogens (tertiary/aromatic N) is 4. The van der Waals surface area contributed by atoms with Gasteiger partial charge < -0.3 is 9.64 Å². The van der Waals surface area contributed by atoms with Crippen LogP contribution in [0.3, 0.4) is 0 Å². The van der Waals surface area contributed by atoms with Crippen molar-refractivity contribution >= 4 is 11.6 Å². The minimum atomic E-state index is 0.0359. The van der Waals surface area contributed by atoms with E-state index in [1.54, 1.807) is 13.3 Å². The SMILES string of the molecule is CO[C@@H]1CN(CC(=O)N2CCc3ccccc32)C[C@H]1c1cn[nH]n1. The highest BCUT2D eigenvalue weighted by Gasteiger charge is 2.37. The lowest BCUT2D eigenvalue weighted by Gasteiger charge is -2.21. The molecule has 0 aliphatic carbocycles. The van der Waals surface area contributed by atoms with Crippen LogP contribution in [0.25, 0.3) is 0 Å². The van der Waals surface area contributed by atoms with Crippen LogP contribution in [0.1, 0.15) is 17.2 Å². The lowest BCUT2D eigenvalue weighted by molar-refractivity contribution is -0.119. The Morgan fingerprint density at radius 1 is 1.38 bits per heavy atom. The predicted molar refractivity (Wildman–Crippen MR) is 88.9 cm³/mol. The molecular weight excluding hydrogens is 306 g/mol. The average molecular weight is 327 g/mol. The molecule has 1 fully saturated rings. The molecule has 0 saturated carbocycles. The molecule has 0 spiro atoms. The first-order valence-corrected chi connectivity index (χ1v) is 8.25. The second-order valence-electron chi connectivity index (χ2n) is 6.39. The van der Waals surface area contributed by atoms with E-state index in [4.69, 9.17) is 4.74 Å². The van der Waals surface area contributed by atoms with Gasteiger partial charge in [0, 0.05) is 38.3 Å². The van der Waals surface area contributed by atoms with E-state index >= 15 is 0 Å². The van der Waals surface area contributed by atoms with Gasteiger partial charge in [-0.05, 0) is 18.1 Å². The Morgan fingerprint density at radius 3 is 3.04 bits per heavy atom. The Balaban J connectivity index is 1.44. The number of likely N-dealkylation sites (tertiary alicyclic amines) is 1. The van der Waals surface area contributed by atoms with Crippen LogP contribution in [0.15, 0.2) is 30.5 Å². The summed E-state index contributed by atoms with van der Waals surface area (Å²) in [7, 11) is 1.71. The topological polar surface area (TPSA) is 74.3 Å². The lowest BCUT2D eigenvalue weighted by Crippen LogP contribution is -2.39. The molecule has 4 rings (SSSR count). The Labute approximate surface area is 140 Å². The first-order chi connectivity index (χ1) is 11.8. The van der Waals surface area contributed by atoms with Gasteiger partial charge in [-0.3, -0.25) is 9.69 Å². The summed E-state index contributed by atoms with van der Waals surface area (Å²) in [6.45, 7) is 2.66. The number of fused-ring (bicyclic) bond motifs is 1. The molecular formula is C17H21N5O2. The molecule has 7 nitrogen and oxygen atoms in total. The highest BCUT2D eigenvalue weighted by Crippen LogP contribution is 2.30. The maximum Gasteiger partial charge on any atom is 0.241 e. The lowest BCUT2D eigenvalue weighted by atomic mass is 10.0. The monoisotopic (exact) mass is 327 g/mol. The molecule has 0 radical (unpaired) electrons. The zero-order valence-electron chi connectivity index (χ0n) is 13.7. The number of aromatic nitrogens is 3. The summed E-state index contributed by atoms with van der Waals surface area (Å²) in [5.74, 6) is 0.294. The third kappa shape index (κ3) is 2.70. The van der Waals surface area contributed by atoms with E-state index in [1.165, 1.54) is 5.56 Å². The van der Waals surface area contributed by atoms with E-state index < -0.39 is 0 Å². The number of para-hydroxylation sites is 1. The Bertz CT molecular complexity index is 718. The molecule has 2 aliphatic rings. The van der Waals surface area contributed by atoms with Crippen LogP contribution < -0.4 is 4.90 Å². The van der Waals surface area contributed by atoms with E-state index in [0.717, 1.165) is 37.4 Å². The number of hydrogen-bond acceptors (Lipinski definition) is 5. The van der Waals surface area contributed by atoms with Crippen molar-refractivity contribution in [3.8, 4) is 0 Å². The molecule has 0 unspecified atom stereocenters. The highest BCUT2D eigenvalue weighted by molar-refractivity contribution is 5.96. The van der Waals surface area contributed by atoms with Gasteiger partial charge in [0.25, 0.3) is 0 Å². The van der Waals surface area contributed by atoms with Gasteiger partial charge in [0.15, 0.2) is 0 Å². The van der Waals surface area contributed by atoms with Crippen molar-refractivity contribution in [1.82, 2.24) is 20.3 Å². The Kier molecular flexibility index (Phi) is 4.03. The molecule has 3 heterocycles. The van der Waals surface area contributed by atoms with Gasteiger partial charge in [0.1, 0.15) is 0 Å². The van der Waals surface area contributed by atoms with Crippen molar-refractivity contribution in [2.75, 3.05) is 38.2 Å². The van der Waals surface area contributed by atoms with E-state index in [-0.39, 0.29) is 17.9 Å². The summed E-state index contributed by atoms with van der Waals surface area (Å²) in [5, 5.41) is 10.7. The molecule has 2 aromatic rings. The predicted octanol–water partition coefficient (Wildman–Crippen LogP) is 0.808. The number of amides is 1. The van der Waals surface area contributed by atoms with Crippen molar-refractivity contribution in [1.29, 1.82) is 0 Å². The molecule has 1 aromatic carbocycles. The molecule has 0 bridgehead atoms. The number of ether oxygens (including phenoxy) is 1. The second kappa shape index (κ2) is 6.33. The third-order valence-corrected chi connectivity index (χ3v) is 5.01. The normalized spacial score (nSPS) is 23.6. The first-order valence-electron chi connectivity index (χ1n) is 8.25. The van der Waals surface area contributed by atoms with Gasteiger partial charge in [0.2, 0.25) is 5.91 Å². The molecule has 7 heteroatoms. The van der Waals surface area contributed by atoms with Gasteiger partial charge in [-0.25, -0.2) is 0 Å². The third-order valence-electron chi connectivity index (χ3n) is 5.01. The highest BCUT2D eigenvalue weighted by atomic mass is 16.5. The van der Waals surface area contributed by atoms with Crippen molar-refractivity contribution < 1.29 is 9.53 Å². The Hall–Kier alpha value is -2.25. The summed E-state index contributed by atoms with van der Waals surface area (Å²) in [5.41, 5.74) is 3.20. The van der Waals surface area contributed by atoms with Crippen LogP contribution in [0.5, 0.6) is 0 Å². The maximum absolute atomic E-state index is 12.8. The number of H-pyrrole nitrogens is 1. The van der Waals surface area contributed by atoms with Gasteiger partial charge in [-0.1, -0.05) is 18.2 Å². The van der Waals surface area contributed by atoms with Crippen molar-refractivity contribution in [2.45, 2.75) is 18.4 Å². The molecule has 1 N–H and O–H groups in total. The summed E-state index contributed by atoms with van der Waals surface area (Å²) in [6.07, 6.45) is 2.71. The van der Waals surface area contributed by atoms with Gasteiger partial charge in [0.05, 0.1) is 24.5 Å². The first kappa shape index (κ1) is 15.3. The molecule has 1 amide bonds. The number of carbonyl (C=O) groups is 1. The van der Waals surface area contributed by atoms with Gasteiger partial charge in [-0.2, -0.15) is 15.4 Å². The minimum absolute atomic E-state index is 0.0359. The number of hydrogen-bond donors (Lipinski definition) is 1.